The van der Waals surface area contributed by atoms with Gasteiger partial charge in [-0.2, -0.15) is 0 Å². The normalized spacial score (nSPS) is 36.9. The van der Waals surface area contributed by atoms with Gasteiger partial charge in [-0.05, 0) is 12.8 Å². The maximum atomic E-state index is 11.4. The zero-order chi connectivity index (χ0) is 10.0. The highest BCUT2D eigenvalue weighted by molar-refractivity contribution is 5.83. The van der Waals surface area contributed by atoms with Crippen molar-refractivity contribution >= 4 is 5.78 Å². The molecule has 2 rings (SSSR count). The standard InChI is InChI=1S/C11H16O3/c1-2-5-14-11-4-3-6-13-10(11)7-9(12)8-11/h2,10H,1,3-8H2/t10-,11-/m1/s1. The number of carbonyl (C=O) groups excluding carboxylic acids is 1. The maximum Gasteiger partial charge on any atom is 0.138 e. The fourth-order valence-electron chi connectivity index (χ4n) is 2.41. The molecule has 0 aromatic rings. The molecule has 0 radical (unpaired) electrons. The van der Waals surface area contributed by atoms with Gasteiger partial charge in [-0.1, -0.05) is 6.08 Å². The van der Waals surface area contributed by atoms with Crippen LogP contribution < -0.4 is 0 Å². The Bertz CT molecular complexity index is 249. The lowest BCUT2D eigenvalue weighted by Gasteiger charge is -2.38. The second-order valence-electron chi connectivity index (χ2n) is 4.05. The Hall–Kier alpha value is -0.670. The van der Waals surface area contributed by atoms with E-state index in [1.165, 1.54) is 0 Å². The van der Waals surface area contributed by atoms with Crippen LogP contribution in [0, 0.1) is 0 Å². The quantitative estimate of drug-likeness (QED) is 0.641. The molecule has 1 saturated carbocycles. The average molecular weight is 196 g/mol. The maximum absolute atomic E-state index is 11.4. The lowest BCUT2D eigenvalue weighted by molar-refractivity contribution is -0.154. The third-order valence-corrected chi connectivity index (χ3v) is 3.05. The van der Waals surface area contributed by atoms with Crippen molar-refractivity contribution in [2.45, 2.75) is 37.4 Å². The molecule has 0 aromatic carbocycles. The Morgan fingerprint density at radius 1 is 1.71 bits per heavy atom. The molecular weight excluding hydrogens is 180 g/mol. The van der Waals surface area contributed by atoms with Crippen LogP contribution in [0.25, 0.3) is 0 Å². The number of ether oxygens (including phenoxy) is 2. The van der Waals surface area contributed by atoms with Gasteiger partial charge in [0.05, 0.1) is 12.7 Å². The van der Waals surface area contributed by atoms with Crippen LogP contribution in [-0.2, 0) is 14.3 Å². The number of rotatable bonds is 3. The van der Waals surface area contributed by atoms with E-state index in [4.69, 9.17) is 9.47 Å². The minimum absolute atomic E-state index is 0.0105. The van der Waals surface area contributed by atoms with Gasteiger partial charge in [-0.25, -0.2) is 0 Å². The van der Waals surface area contributed by atoms with Crippen LogP contribution in [0.15, 0.2) is 12.7 Å². The van der Waals surface area contributed by atoms with Gasteiger partial charge in [-0.15, -0.1) is 6.58 Å². The highest BCUT2D eigenvalue weighted by Crippen LogP contribution is 2.40. The van der Waals surface area contributed by atoms with Gasteiger partial charge in [0, 0.05) is 19.4 Å². The highest BCUT2D eigenvalue weighted by atomic mass is 16.6. The van der Waals surface area contributed by atoms with E-state index in [1.807, 2.05) is 0 Å². The van der Waals surface area contributed by atoms with E-state index in [0.717, 1.165) is 19.4 Å². The van der Waals surface area contributed by atoms with Crippen molar-refractivity contribution in [2.75, 3.05) is 13.2 Å². The number of hydrogen-bond acceptors (Lipinski definition) is 3. The summed E-state index contributed by atoms with van der Waals surface area (Å²) >= 11 is 0. The average Bonchev–Trinajstić information content (AvgIpc) is 2.51. The first-order valence-electron chi connectivity index (χ1n) is 5.15. The first-order chi connectivity index (χ1) is 6.77. The largest absolute Gasteiger partial charge is 0.375 e. The van der Waals surface area contributed by atoms with E-state index in [1.54, 1.807) is 6.08 Å². The van der Waals surface area contributed by atoms with Crippen molar-refractivity contribution in [1.29, 1.82) is 0 Å². The SMILES string of the molecule is C=CCO[C@@]12CCCO[C@@H]1CC(=O)C2. The summed E-state index contributed by atoms with van der Waals surface area (Å²) in [6.07, 6.45) is 4.69. The molecule has 0 unspecified atom stereocenters. The molecule has 0 bridgehead atoms. The lowest BCUT2D eigenvalue weighted by atomic mass is 9.91. The molecule has 0 aromatic heterocycles. The predicted octanol–water partition coefficient (Wildman–Crippen LogP) is 1.47. The van der Waals surface area contributed by atoms with Crippen LogP contribution >= 0.6 is 0 Å². The Morgan fingerprint density at radius 2 is 2.57 bits per heavy atom. The number of hydrogen-bond donors (Lipinski definition) is 0. The second-order valence-corrected chi connectivity index (χ2v) is 4.05. The van der Waals surface area contributed by atoms with Crippen LogP contribution in [0.3, 0.4) is 0 Å². The molecule has 78 valence electrons. The molecule has 1 heterocycles. The molecule has 1 saturated heterocycles. The van der Waals surface area contributed by atoms with E-state index in [9.17, 15) is 4.79 Å². The van der Waals surface area contributed by atoms with Gasteiger partial charge < -0.3 is 9.47 Å². The summed E-state index contributed by atoms with van der Waals surface area (Å²) < 4.78 is 11.3. The smallest absolute Gasteiger partial charge is 0.138 e. The van der Waals surface area contributed by atoms with Gasteiger partial charge in [0.15, 0.2) is 0 Å². The van der Waals surface area contributed by atoms with Crippen molar-refractivity contribution in [2.24, 2.45) is 0 Å². The fraction of sp³-hybridized carbons (Fsp3) is 0.727. The molecule has 2 fully saturated rings. The minimum atomic E-state index is -0.330. The molecule has 2 atom stereocenters. The Kier molecular flexibility index (Phi) is 2.70. The molecular formula is C11H16O3. The molecule has 1 aliphatic heterocycles. The molecule has 3 nitrogen and oxygen atoms in total. The van der Waals surface area contributed by atoms with Gasteiger partial charge in [0.2, 0.25) is 0 Å². The Balaban J connectivity index is 2.10. The van der Waals surface area contributed by atoms with Gasteiger partial charge in [-0.3, -0.25) is 4.79 Å². The lowest BCUT2D eigenvalue weighted by Crippen LogP contribution is -2.45. The second kappa shape index (κ2) is 3.83. The summed E-state index contributed by atoms with van der Waals surface area (Å²) in [4.78, 5) is 11.4. The summed E-state index contributed by atoms with van der Waals surface area (Å²) in [5.74, 6) is 0.265. The van der Waals surface area contributed by atoms with Crippen LogP contribution in [0.2, 0.25) is 0 Å². The van der Waals surface area contributed by atoms with Crippen LogP contribution in [0.5, 0.6) is 0 Å². The summed E-state index contributed by atoms with van der Waals surface area (Å²) in [6.45, 7) is 4.89. The fourth-order valence-corrected chi connectivity index (χ4v) is 2.41. The number of Topliss-reactive ketones (excluding diaryl/α,β-unsaturated/α-hetero) is 1. The number of fused-ring (bicyclic) bond motifs is 1. The molecule has 0 N–H and O–H groups in total. The van der Waals surface area contributed by atoms with Crippen LogP contribution in [0.1, 0.15) is 25.7 Å². The number of ketones is 1. The van der Waals surface area contributed by atoms with Crippen molar-refractivity contribution < 1.29 is 14.3 Å². The minimum Gasteiger partial charge on any atom is -0.375 e. The molecule has 2 aliphatic rings. The first kappa shape index (κ1) is 9.87. The van der Waals surface area contributed by atoms with Gasteiger partial charge in [0.25, 0.3) is 0 Å². The molecule has 14 heavy (non-hydrogen) atoms. The molecule has 0 spiro atoms. The van der Waals surface area contributed by atoms with Crippen molar-refractivity contribution in [1.82, 2.24) is 0 Å². The summed E-state index contributed by atoms with van der Waals surface area (Å²) in [6, 6.07) is 0. The van der Waals surface area contributed by atoms with Crippen molar-refractivity contribution in [3.63, 3.8) is 0 Å². The van der Waals surface area contributed by atoms with E-state index in [-0.39, 0.29) is 17.5 Å². The summed E-state index contributed by atoms with van der Waals surface area (Å²) in [7, 11) is 0. The Labute approximate surface area is 84.1 Å². The molecule has 1 aliphatic carbocycles. The Morgan fingerprint density at radius 3 is 3.36 bits per heavy atom. The number of carbonyl (C=O) groups is 1. The van der Waals surface area contributed by atoms with E-state index in [2.05, 4.69) is 6.58 Å². The zero-order valence-corrected chi connectivity index (χ0v) is 8.33. The van der Waals surface area contributed by atoms with Crippen molar-refractivity contribution in [3.05, 3.63) is 12.7 Å². The highest BCUT2D eigenvalue weighted by Gasteiger charge is 2.50. The zero-order valence-electron chi connectivity index (χ0n) is 8.33. The van der Waals surface area contributed by atoms with E-state index >= 15 is 0 Å². The van der Waals surface area contributed by atoms with Gasteiger partial charge in [0.1, 0.15) is 11.4 Å². The summed E-state index contributed by atoms with van der Waals surface area (Å²) in [5, 5.41) is 0. The first-order valence-corrected chi connectivity index (χ1v) is 5.15. The van der Waals surface area contributed by atoms with Crippen molar-refractivity contribution in [3.8, 4) is 0 Å². The van der Waals surface area contributed by atoms with Crippen LogP contribution in [0.4, 0.5) is 0 Å². The van der Waals surface area contributed by atoms with Gasteiger partial charge >= 0.3 is 0 Å². The monoisotopic (exact) mass is 196 g/mol. The third-order valence-electron chi connectivity index (χ3n) is 3.05. The van der Waals surface area contributed by atoms with Crippen LogP contribution in [-0.4, -0.2) is 30.7 Å². The molecule has 3 heteroatoms. The summed E-state index contributed by atoms with van der Waals surface area (Å²) in [5.41, 5.74) is -0.330. The third kappa shape index (κ3) is 1.62. The van der Waals surface area contributed by atoms with E-state index < -0.39 is 0 Å². The van der Waals surface area contributed by atoms with E-state index in [0.29, 0.717) is 19.4 Å². The topological polar surface area (TPSA) is 35.5 Å². The molecule has 0 amide bonds. The predicted molar refractivity (Wildman–Crippen MR) is 52.1 cm³/mol.